The summed E-state index contributed by atoms with van der Waals surface area (Å²) >= 11 is 1.85. The van der Waals surface area contributed by atoms with E-state index in [1.165, 1.54) is 36.8 Å². The molecule has 7 aromatic carbocycles. The Morgan fingerprint density at radius 1 is 0.465 bits per heavy atom. The minimum Gasteiger partial charge on any atom is -0.455 e. The lowest BCUT2D eigenvalue weighted by Gasteiger charge is -2.26. The molecule has 0 bridgehead atoms. The molecule has 2 nitrogen and oxygen atoms in total. The molecule has 0 saturated carbocycles. The van der Waals surface area contributed by atoms with Crippen molar-refractivity contribution < 1.29 is 4.42 Å². The molecule has 0 unspecified atom stereocenters. The summed E-state index contributed by atoms with van der Waals surface area (Å²) in [7, 11) is 0. The Morgan fingerprint density at radius 3 is 2.07 bits per heavy atom. The van der Waals surface area contributed by atoms with Gasteiger partial charge in [0.1, 0.15) is 11.2 Å². The third kappa shape index (κ3) is 3.79. The van der Waals surface area contributed by atoms with Gasteiger partial charge in [-0.25, -0.2) is 0 Å². The predicted octanol–water partition coefficient (Wildman–Crippen LogP) is 12.2. The standard InChI is InChI=1S/C40H25NOS/c1-2-11-28(12-3-1)41(34-16-9-19-37-39(34)33-14-5-7-18-36(33)43-37)29-23-20-26(21-24-29)30-15-8-10-27-22-25-32-31-13-4-6-17-35(31)42-40(32)38(27)30/h1-25H. The van der Waals surface area contributed by atoms with E-state index in [0.29, 0.717) is 0 Å². The highest BCUT2D eigenvalue weighted by Crippen LogP contribution is 2.45. The third-order valence-electron chi connectivity index (χ3n) is 8.46. The molecule has 0 spiro atoms. The highest BCUT2D eigenvalue weighted by molar-refractivity contribution is 7.26. The molecular weight excluding hydrogens is 543 g/mol. The number of benzene rings is 7. The van der Waals surface area contributed by atoms with E-state index in [-0.39, 0.29) is 0 Å². The molecule has 2 heterocycles. The molecule has 9 rings (SSSR count). The van der Waals surface area contributed by atoms with Crippen LogP contribution in [0.1, 0.15) is 0 Å². The Kier molecular flexibility index (Phi) is 5.40. The fourth-order valence-electron chi connectivity index (χ4n) is 6.53. The van der Waals surface area contributed by atoms with Crippen molar-refractivity contribution in [2.45, 2.75) is 0 Å². The summed E-state index contributed by atoms with van der Waals surface area (Å²) in [5, 5.41) is 7.21. The minimum atomic E-state index is 0.920. The fraction of sp³-hybridized carbons (Fsp3) is 0. The third-order valence-corrected chi connectivity index (χ3v) is 9.60. The van der Waals surface area contributed by atoms with Crippen LogP contribution < -0.4 is 4.90 Å². The number of furan rings is 1. The maximum absolute atomic E-state index is 6.47. The van der Waals surface area contributed by atoms with E-state index < -0.39 is 0 Å². The van der Waals surface area contributed by atoms with Gasteiger partial charge in [-0.2, -0.15) is 0 Å². The Bertz CT molecular complexity index is 2450. The zero-order valence-electron chi connectivity index (χ0n) is 23.2. The van der Waals surface area contributed by atoms with Crippen molar-refractivity contribution in [1.29, 1.82) is 0 Å². The van der Waals surface area contributed by atoms with Crippen molar-refractivity contribution in [2.24, 2.45) is 0 Å². The van der Waals surface area contributed by atoms with Gasteiger partial charge in [-0.05, 0) is 71.1 Å². The normalized spacial score (nSPS) is 11.7. The molecule has 0 fully saturated rings. The van der Waals surface area contributed by atoms with Gasteiger partial charge in [0.15, 0.2) is 0 Å². The van der Waals surface area contributed by atoms with Crippen LogP contribution in [0.15, 0.2) is 156 Å². The molecule has 0 aliphatic heterocycles. The van der Waals surface area contributed by atoms with Crippen molar-refractivity contribution in [3.63, 3.8) is 0 Å². The fourth-order valence-corrected chi connectivity index (χ4v) is 7.66. The van der Waals surface area contributed by atoms with E-state index in [9.17, 15) is 0 Å². The van der Waals surface area contributed by atoms with Crippen molar-refractivity contribution in [2.75, 3.05) is 4.90 Å². The van der Waals surface area contributed by atoms with Crippen LogP contribution in [-0.2, 0) is 0 Å². The molecule has 43 heavy (non-hydrogen) atoms. The van der Waals surface area contributed by atoms with Crippen molar-refractivity contribution in [3.05, 3.63) is 152 Å². The average molecular weight is 568 g/mol. The molecule has 0 aliphatic carbocycles. The average Bonchev–Trinajstić information content (AvgIpc) is 3.65. The van der Waals surface area contributed by atoms with Crippen LogP contribution in [0.5, 0.6) is 0 Å². The second-order valence-electron chi connectivity index (χ2n) is 10.9. The molecule has 0 amide bonds. The van der Waals surface area contributed by atoms with Crippen LogP contribution in [0.3, 0.4) is 0 Å². The maximum Gasteiger partial charge on any atom is 0.143 e. The Morgan fingerprint density at radius 2 is 1.19 bits per heavy atom. The Hall–Kier alpha value is -5.38. The zero-order chi connectivity index (χ0) is 28.3. The van der Waals surface area contributed by atoms with E-state index in [0.717, 1.165) is 44.3 Å². The first-order valence-corrected chi connectivity index (χ1v) is 15.3. The zero-order valence-corrected chi connectivity index (χ0v) is 24.0. The summed E-state index contributed by atoms with van der Waals surface area (Å²) in [6, 6.07) is 54.2. The summed E-state index contributed by atoms with van der Waals surface area (Å²) in [5.74, 6) is 0. The number of hydrogen-bond acceptors (Lipinski definition) is 3. The summed E-state index contributed by atoms with van der Waals surface area (Å²) in [6.45, 7) is 0. The van der Waals surface area contributed by atoms with Gasteiger partial charge >= 0.3 is 0 Å². The summed E-state index contributed by atoms with van der Waals surface area (Å²) < 4.78 is 9.07. The second kappa shape index (κ2) is 9.59. The SMILES string of the molecule is c1ccc(N(c2ccc(-c3cccc4ccc5c6ccccc6oc5c34)cc2)c2cccc3sc4ccccc4c23)cc1. The number of hydrogen-bond donors (Lipinski definition) is 0. The van der Waals surface area contributed by atoms with E-state index in [1.54, 1.807) is 0 Å². The van der Waals surface area contributed by atoms with Gasteiger partial charge in [0.2, 0.25) is 0 Å². The van der Waals surface area contributed by atoms with Gasteiger partial charge in [-0.15, -0.1) is 11.3 Å². The van der Waals surface area contributed by atoms with Crippen LogP contribution >= 0.6 is 11.3 Å². The number of para-hydroxylation sites is 2. The molecule has 0 aliphatic rings. The first-order valence-electron chi connectivity index (χ1n) is 14.5. The molecule has 0 radical (unpaired) electrons. The number of anilines is 3. The van der Waals surface area contributed by atoms with E-state index in [1.807, 2.05) is 23.5 Å². The minimum absolute atomic E-state index is 0.920. The largest absolute Gasteiger partial charge is 0.455 e. The van der Waals surface area contributed by atoms with Crippen LogP contribution in [0.25, 0.3) is 64.0 Å². The highest BCUT2D eigenvalue weighted by atomic mass is 32.1. The summed E-state index contributed by atoms with van der Waals surface area (Å²) in [5.41, 5.74) is 7.63. The van der Waals surface area contributed by atoms with Gasteiger partial charge in [0.25, 0.3) is 0 Å². The quantitative estimate of drug-likeness (QED) is 0.210. The lowest BCUT2D eigenvalue weighted by Crippen LogP contribution is -2.10. The van der Waals surface area contributed by atoms with Crippen molar-refractivity contribution in [1.82, 2.24) is 0 Å². The lowest BCUT2D eigenvalue weighted by molar-refractivity contribution is 0.673. The van der Waals surface area contributed by atoms with Gasteiger partial charge in [-0.3, -0.25) is 0 Å². The van der Waals surface area contributed by atoms with Gasteiger partial charge in [0.05, 0.1) is 5.69 Å². The van der Waals surface area contributed by atoms with Gasteiger partial charge < -0.3 is 9.32 Å². The van der Waals surface area contributed by atoms with Crippen molar-refractivity contribution >= 4 is 81.3 Å². The molecule has 0 N–H and O–H groups in total. The van der Waals surface area contributed by atoms with Crippen LogP contribution in [0.2, 0.25) is 0 Å². The summed E-state index contributed by atoms with van der Waals surface area (Å²) in [6.07, 6.45) is 0. The van der Waals surface area contributed by atoms with Crippen LogP contribution in [-0.4, -0.2) is 0 Å². The molecule has 3 heteroatoms. The van der Waals surface area contributed by atoms with E-state index >= 15 is 0 Å². The number of nitrogens with zero attached hydrogens (tertiary/aromatic N) is 1. The number of rotatable bonds is 4. The predicted molar refractivity (Wildman–Crippen MR) is 184 cm³/mol. The van der Waals surface area contributed by atoms with Crippen molar-refractivity contribution in [3.8, 4) is 11.1 Å². The lowest BCUT2D eigenvalue weighted by atomic mass is 9.96. The first-order chi connectivity index (χ1) is 21.3. The molecular formula is C40H25NOS. The molecule has 202 valence electrons. The summed E-state index contributed by atoms with van der Waals surface area (Å²) in [4.78, 5) is 2.38. The van der Waals surface area contributed by atoms with Gasteiger partial charge in [-0.1, -0.05) is 97.1 Å². The smallest absolute Gasteiger partial charge is 0.143 e. The first kappa shape index (κ1) is 24.2. The maximum atomic E-state index is 6.47. The molecule has 0 saturated heterocycles. The van der Waals surface area contributed by atoms with Gasteiger partial charge in [0, 0.05) is 47.7 Å². The monoisotopic (exact) mass is 567 g/mol. The van der Waals surface area contributed by atoms with E-state index in [4.69, 9.17) is 4.42 Å². The van der Waals surface area contributed by atoms with Crippen LogP contribution in [0.4, 0.5) is 17.1 Å². The molecule has 0 atom stereocenters. The van der Waals surface area contributed by atoms with E-state index in [2.05, 4.69) is 144 Å². The second-order valence-corrected chi connectivity index (χ2v) is 12.0. The Labute approximate surface area is 252 Å². The van der Waals surface area contributed by atoms with Crippen LogP contribution in [0, 0.1) is 0 Å². The number of fused-ring (bicyclic) bond motifs is 8. The molecule has 2 aromatic heterocycles. The molecule has 9 aromatic rings. The number of thiophene rings is 1. The topological polar surface area (TPSA) is 16.4 Å². The highest BCUT2D eigenvalue weighted by Gasteiger charge is 2.19. The Balaban J connectivity index is 1.23.